The van der Waals surface area contributed by atoms with Gasteiger partial charge < -0.3 is 13.4 Å². The SMILES string of the molecule is [2H]c1c(-n2c3c([2H])cccc3c3c([2H])c([2H])c([2H])c([2H])c32)c([2H])c2c(oc3c([2H])c([2H])c([2H])c(-c4nc(-c5ccccc5)nc(-c5cc(-c6ccccc6)c6c(c5)oc5ccccc56)n4)c32)c1[2H]. The summed E-state index contributed by atoms with van der Waals surface area (Å²) in [5.41, 5.74) is 3.09. The van der Waals surface area contributed by atoms with Crippen molar-refractivity contribution in [2.45, 2.75) is 0 Å². The molecule has 0 amide bonds. The molecule has 12 aromatic rings. The Morgan fingerprint density at radius 1 is 0.421 bits per heavy atom. The molecule has 0 aliphatic carbocycles. The second-order valence-corrected chi connectivity index (χ2v) is 13.5. The van der Waals surface area contributed by atoms with Crippen LogP contribution in [0.2, 0.25) is 0 Å². The topological polar surface area (TPSA) is 69.9 Å². The molecule has 4 aromatic heterocycles. The molecule has 12 rings (SSSR count). The van der Waals surface area contributed by atoms with Gasteiger partial charge in [-0.2, -0.15) is 0 Å². The first kappa shape index (κ1) is 22.5. The van der Waals surface area contributed by atoms with Crippen LogP contribution in [0.25, 0.3) is 117 Å². The first-order valence-electron chi connectivity index (χ1n) is 23.6. The fraction of sp³-hybridized carbons (Fsp3) is 0. The summed E-state index contributed by atoms with van der Waals surface area (Å²) in [5.74, 6) is 0.245. The highest BCUT2D eigenvalue weighted by Gasteiger charge is 2.21. The molecule has 0 saturated heterocycles. The third-order valence-corrected chi connectivity index (χ3v) is 10.2. The molecule has 6 heteroatoms. The average Bonchev–Trinajstić information content (AvgIpc) is 4.05. The third kappa shape index (κ3) is 4.94. The molecule has 266 valence electrons. The summed E-state index contributed by atoms with van der Waals surface area (Å²) in [5, 5.41) is 1.93. The fourth-order valence-corrected chi connectivity index (χ4v) is 7.70. The number of para-hydroxylation sites is 3. The molecular weight excluding hydrogens is 701 g/mol. The van der Waals surface area contributed by atoms with Gasteiger partial charge in [0.15, 0.2) is 17.5 Å². The van der Waals surface area contributed by atoms with Gasteiger partial charge in [-0.1, -0.05) is 127 Å². The molecule has 0 N–H and O–H groups in total. The summed E-state index contributed by atoms with van der Waals surface area (Å²) in [6.45, 7) is 0. The Kier molecular flexibility index (Phi) is 4.88. The van der Waals surface area contributed by atoms with E-state index in [4.69, 9.17) is 33.4 Å². The van der Waals surface area contributed by atoms with E-state index in [1.807, 2.05) is 97.1 Å². The second kappa shape index (κ2) is 12.3. The lowest BCUT2D eigenvalue weighted by atomic mass is 9.96. The molecule has 0 aliphatic heterocycles. The van der Waals surface area contributed by atoms with E-state index < -0.39 is 54.4 Å². The van der Waals surface area contributed by atoms with Crippen molar-refractivity contribution in [2.75, 3.05) is 0 Å². The van der Waals surface area contributed by atoms with E-state index in [2.05, 4.69) is 0 Å². The van der Waals surface area contributed by atoms with Gasteiger partial charge >= 0.3 is 0 Å². The van der Waals surface area contributed by atoms with Crippen LogP contribution in [0.3, 0.4) is 0 Å². The number of fused-ring (bicyclic) bond motifs is 9. The number of hydrogen-bond donors (Lipinski definition) is 0. The number of hydrogen-bond acceptors (Lipinski definition) is 5. The zero-order valence-corrected chi connectivity index (χ0v) is 29.6. The lowest BCUT2D eigenvalue weighted by molar-refractivity contribution is 0.668. The van der Waals surface area contributed by atoms with Gasteiger partial charge in [0.1, 0.15) is 22.3 Å². The van der Waals surface area contributed by atoms with Crippen LogP contribution in [-0.2, 0) is 0 Å². The Bertz CT molecular complexity index is 4170. The monoisotopic (exact) mass is 741 g/mol. The molecule has 0 spiro atoms. The van der Waals surface area contributed by atoms with Crippen LogP contribution in [0.4, 0.5) is 0 Å². The quantitative estimate of drug-likeness (QED) is 0.176. The lowest BCUT2D eigenvalue weighted by Crippen LogP contribution is -2.00. The van der Waals surface area contributed by atoms with Crippen LogP contribution in [0.1, 0.15) is 15.1 Å². The molecule has 0 bridgehead atoms. The predicted octanol–water partition coefficient (Wildman–Crippen LogP) is 13.4. The Balaban J connectivity index is 1.20. The largest absolute Gasteiger partial charge is 0.456 e. The van der Waals surface area contributed by atoms with E-state index in [1.165, 1.54) is 10.6 Å². The van der Waals surface area contributed by atoms with E-state index in [1.54, 1.807) is 12.1 Å². The van der Waals surface area contributed by atoms with Gasteiger partial charge in [0.2, 0.25) is 0 Å². The van der Waals surface area contributed by atoms with Gasteiger partial charge in [-0.25, -0.2) is 15.0 Å². The van der Waals surface area contributed by atoms with Gasteiger partial charge in [0, 0.05) is 54.7 Å². The van der Waals surface area contributed by atoms with E-state index in [0.29, 0.717) is 22.3 Å². The van der Waals surface area contributed by atoms with Crippen LogP contribution in [0, 0.1) is 0 Å². The van der Waals surface area contributed by atoms with E-state index >= 15 is 0 Å². The van der Waals surface area contributed by atoms with Crippen molar-refractivity contribution in [1.29, 1.82) is 0 Å². The number of aromatic nitrogens is 4. The molecule has 0 fully saturated rings. The summed E-state index contributed by atoms with van der Waals surface area (Å²) < 4.78 is 114. The number of furan rings is 2. The molecule has 4 heterocycles. The summed E-state index contributed by atoms with van der Waals surface area (Å²) in [7, 11) is 0. The van der Waals surface area contributed by atoms with Gasteiger partial charge in [0.25, 0.3) is 0 Å². The molecule has 0 radical (unpaired) electrons. The van der Waals surface area contributed by atoms with Crippen molar-refractivity contribution in [1.82, 2.24) is 19.5 Å². The molecule has 0 unspecified atom stereocenters. The van der Waals surface area contributed by atoms with E-state index in [0.717, 1.165) is 21.9 Å². The van der Waals surface area contributed by atoms with Crippen LogP contribution < -0.4 is 0 Å². The second-order valence-electron chi connectivity index (χ2n) is 13.5. The van der Waals surface area contributed by atoms with Crippen LogP contribution in [0.5, 0.6) is 0 Å². The third-order valence-electron chi connectivity index (χ3n) is 10.2. The van der Waals surface area contributed by atoms with E-state index in [-0.39, 0.29) is 84.6 Å². The lowest BCUT2D eigenvalue weighted by Gasteiger charge is -2.11. The standard InChI is InChI=1S/C51H30N4O2/c1-3-14-31(15-4-1)39-28-33(29-46-47(39)37-20-9-12-24-43(37)57-46)50-52-49(32-16-5-2-6-17-32)53-51(54-50)38-21-13-25-45-48(38)40-30-34(26-27-44(40)56-45)55-41-22-10-7-18-35(41)36-19-8-11-23-42(36)55/h1-30H/i7D,10D,13D,18D,21D,22D,23D,25D,26D,27D,30D. The number of nitrogens with zero attached hydrogens (tertiary/aromatic N) is 4. The Labute approximate surface area is 341 Å². The predicted molar refractivity (Wildman–Crippen MR) is 230 cm³/mol. The maximum absolute atomic E-state index is 9.96. The highest BCUT2D eigenvalue weighted by Crippen LogP contribution is 2.42. The number of benzene rings is 8. The normalized spacial score (nSPS) is 14.6. The van der Waals surface area contributed by atoms with Gasteiger partial charge in [-0.15, -0.1) is 0 Å². The minimum atomic E-state index is -0.574. The van der Waals surface area contributed by atoms with Crippen molar-refractivity contribution < 1.29 is 23.9 Å². The highest BCUT2D eigenvalue weighted by atomic mass is 16.3. The molecule has 6 nitrogen and oxygen atoms in total. The maximum atomic E-state index is 9.96. The zero-order chi connectivity index (χ0) is 47.0. The average molecular weight is 742 g/mol. The van der Waals surface area contributed by atoms with Crippen molar-refractivity contribution in [3.63, 3.8) is 0 Å². The number of rotatable bonds is 5. The van der Waals surface area contributed by atoms with Crippen LogP contribution >= 0.6 is 0 Å². The van der Waals surface area contributed by atoms with Crippen LogP contribution in [0.15, 0.2) is 191 Å². The molecular formula is C51H30N4O2. The molecule has 57 heavy (non-hydrogen) atoms. The molecule has 0 atom stereocenters. The summed E-state index contributed by atoms with van der Waals surface area (Å²) in [4.78, 5) is 14.9. The first-order valence-corrected chi connectivity index (χ1v) is 18.1. The minimum absolute atomic E-state index is 0.0615. The summed E-state index contributed by atoms with van der Waals surface area (Å²) in [6.07, 6.45) is 0. The smallest absolute Gasteiger partial charge is 0.164 e. The Hall–Kier alpha value is -7.83. The van der Waals surface area contributed by atoms with Gasteiger partial charge in [0.05, 0.1) is 26.1 Å². The van der Waals surface area contributed by atoms with Gasteiger partial charge in [-0.3, -0.25) is 0 Å². The molecule has 8 aromatic carbocycles. The Morgan fingerprint density at radius 3 is 1.98 bits per heavy atom. The van der Waals surface area contributed by atoms with Crippen molar-refractivity contribution in [3.8, 4) is 51.0 Å². The van der Waals surface area contributed by atoms with Crippen LogP contribution in [-0.4, -0.2) is 19.5 Å². The summed E-state index contributed by atoms with van der Waals surface area (Å²) >= 11 is 0. The Morgan fingerprint density at radius 2 is 1.11 bits per heavy atom. The van der Waals surface area contributed by atoms with Crippen molar-refractivity contribution in [2.24, 2.45) is 0 Å². The summed E-state index contributed by atoms with van der Waals surface area (Å²) in [6, 6.07) is 29.9. The molecule has 0 saturated carbocycles. The minimum Gasteiger partial charge on any atom is -0.456 e. The highest BCUT2D eigenvalue weighted by molar-refractivity contribution is 6.15. The van der Waals surface area contributed by atoms with Crippen molar-refractivity contribution in [3.05, 3.63) is 182 Å². The van der Waals surface area contributed by atoms with E-state index in [9.17, 15) is 5.48 Å². The maximum Gasteiger partial charge on any atom is 0.164 e. The van der Waals surface area contributed by atoms with Gasteiger partial charge in [-0.05, 0) is 65.6 Å². The van der Waals surface area contributed by atoms with Crippen molar-refractivity contribution >= 4 is 65.7 Å². The molecule has 0 aliphatic rings. The fourth-order valence-electron chi connectivity index (χ4n) is 7.70. The first-order chi connectivity index (χ1) is 32.8. The zero-order valence-electron chi connectivity index (χ0n) is 40.6.